The third-order valence-corrected chi connectivity index (χ3v) is 7.81. The molecule has 2 aromatic rings. The fourth-order valence-corrected chi connectivity index (χ4v) is 5.28. The van der Waals surface area contributed by atoms with Crippen molar-refractivity contribution in [1.82, 2.24) is 14.1 Å². The molecule has 0 bridgehead atoms. The average molecular weight is 493 g/mol. The van der Waals surface area contributed by atoms with Gasteiger partial charge in [0, 0.05) is 82.8 Å². The molecule has 3 heterocycles. The van der Waals surface area contributed by atoms with Crippen LogP contribution in [0.1, 0.15) is 11.1 Å². The molecule has 34 heavy (non-hydrogen) atoms. The van der Waals surface area contributed by atoms with Crippen molar-refractivity contribution in [3.63, 3.8) is 0 Å². The quantitative estimate of drug-likeness (QED) is 0.599. The second kappa shape index (κ2) is 10.3. The van der Waals surface area contributed by atoms with Crippen LogP contribution < -0.4 is 15.3 Å². The largest absolute Gasteiger partial charge is 0.507 e. The molecular weight excluding hydrogens is 460 g/mol. The van der Waals surface area contributed by atoms with Crippen molar-refractivity contribution >= 4 is 15.7 Å². The van der Waals surface area contributed by atoms with Crippen LogP contribution in [0.15, 0.2) is 39.7 Å². The first kappa shape index (κ1) is 24.5. The Morgan fingerprint density at radius 1 is 1.00 bits per heavy atom. The van der Waals surface area contributed by atoms with Crippen LogP contribution in [0.2, 0.25) is 0 Å². The summed E-state index contributed by atoms with van der Waals surface area (Å²) in [7, 11) is -1.57. The Hall–Kier alpha value is -2.60. The van der Waals surface area contributed by atoms with Gasteiger partial charge in [-0.2, -0.15) is 4.31 Å². The van der Waals surface area contributed by atoms with Crippen molar-refractivity contribution < 1.29 is 22.7 Å². The maximum Gasteiger partial charge on any atom is 0.343 e. The van der Waals surface area contributed by atoms with E-state index in [9.17, 15) is 18.3 Å². The summed E-state index contributed by atoms with van der Waals surface area (Å²) >= 11 is 0. The number of aromatic hydroxyl groups is 1. The van der Waals surface area contributed by atoms with Crippen LogP contribution in [-0.2, 0) is 23.1 Å². The Kier molecular flexibility index (Phi) is 7.46. The average Bonchev–Trinajstić information content (AvgIpc) is 2.84. The number of ether oxygens (including phenoxy) is 1. The predicted molar refractivity (Wildman–Crippen MR) is 129 cm³/mol. The monoisotopic (exact) mass is 492 g/mol. The van der Waals surface area contributed by atoms with Crippen LogP contribution in [0, 0.1) is 0 Å². The van der Waals surface area contributed by atoms with Crippen LogP contribution in [0.25, 0.3) is 0 Å². The van der Waals surface area contributed by atoms with Crippen LogP contribution >= 0.6 is 0 Å². The molecule has 11 heteroatoms. The minimum atomic E-state index is -3.23. The summed E-state index contributed by atoms with van der Waals surface area (Å²) in [5, 5.41) is 10.9. The molecule has 1 N–H and O–H groups in total. The van der Waals surface area contributed by atoms with Gasteiger partial charge in [0.15, 0.2) is 0 Å². The van der Waals surface area contributed by atoms with Crippen LogP contribution in [0.4, 0.5) is 5.69 Å². The lowest BCUT2D eigenvalue weighted by atomic mass is 10.1. The zero-order valence-electron chi connectivity index (χ0n) is 19.6. The molecule has 186 valence electrons. The molecule has 0 radical (unpaired) electrons. The number of nitrogens with zero attached hydrogens (tertiary/aromatic N) is 4. The lowest BCUT2D eigenvalue weighted by Gasteiger charge is -2.36. The van der Waals surface area contributed by atoms with Gasteiger partial charge >= 0.3 is 5.63 Å². The summed E-state index contributed by atoms with van der Waals surface area (Å²) in [4.78, 5) is 18.8. The predicted octanol–water partition coefficient (Wildman–Crippen LogP) is 0.753. The van der Waals surface area contributed by atoms with E-state index in [1.54, 1.807) is 7.11 Å². The normalized spacial score (nSPS) is 18.8. The number of rotatable bonds is 7. The van der Waals surface area contributed by atoms with E-state index in [1.165, 1.54) is 16.8 Å². The molecule has 1 aromatic carbocycles. The number of piperazine rings is 2. The third kappa shape index (κ3) is 5.72. The topological polar surface area (TPSA) is 107 Å². The van der Waals surface area contributed by atoms with E-state index >= 15 is 0 Å². The van der Waals surface area contributed by atoms with E-state index in [-0.39, 0.29) is 17.9 Å². The summed E-state index contributed by atoms with van der Waals surface area (Å²) in [6.45, 7) is 5.69. The number of methoxy groups -OCH3 is 1. The summed E-state index contributed by atoms with van der Waals surface area (Å²) < 4.78 is 35.4. The lowest BCUT2D eigenvalue weighted by molar-refractivity contribution is 0.178. The Bertz CT molecular complexity index is 1150. The molecule has 0 amide bonds. The van der Waals surface area contributed by atoms with Crippen molar-refractivity contribution in [1.29, 1.82) is 0 Å². The number of sulfonamides is 1. The van der Waals surface area contributed by atoms with Crippen molar-refractivity contribution in [3.05, 3.63) is 52.1 Å². The van der Waals surface area contributed by atoms with Gasteiger partial charge in [-0.25, -0.2) is 13.2 Å². The second-order valence-electron chi connectivity index (χ2n) is 8.78. The molecule has 0 aliphatic carbocycles. The van der Waals surface area contributed by atoms with E-state index in [0.29, 0.717) is 38.3 Å². The van der Waals surface area contributed by atoms with Gasteiger partial charge in [-0.05, 0) is 12.1 Å². The number of benzene rings is 1. The molecule has 0 atom stereocenters. The van der Waals surface area contributed by atoms with Crippen molar-refractivity contribution in [2.24, 2.45) is 0 Å². The molecule has 2 aliphatic heterocycles. The van der Waals surface area contributed by atoms with E-state index in [0.717, 1.165) is 37.6 Å². The maximum atomic E-state index is 12.3. The fourth-order valence-electron chi connectivity index (χ4n) is 4.45. The van der Waals surface area contributed by atoms with Gasteiger partial charge < -0.3 is 19.2 Å². The molecule has 1 aromatic heterocycles. The Morgan fingerprint density at radius 2 is 1.65 bits per heavy atom. The van der Waals surface area contributed by atoms with Crippen LogP contribution in [0.5, 0.6) is 11.5 Å². The highest BCUT2D eigenvalue weighted by Gasteiger charge is 2.26. The smallest absolute Gasteiger partial charge is 0.343 e. The van der Waals surface area contributed by atoms with Crippen molar-refractivity contribution in [2.45, 2.75) is 13.1 Å². The standard InChI is InChI=1S/C23H32N4O6S/c1-32-20-5-3-4-19(14-20)26-10-6-24(7-11-26)15-18-17-33-23(29)21(22(18)28)16-25-8-12-27(13-9-25)34(2,30)31/h3-5,14,17,28H,6-13,15-16H2,1-2H3. The maximum absolute atomic E-state index is 12.3. The van der Waals surface area contributed by atoms with Gasteiger partial charge in [0.2, 0.25) is 10.0 Å². The van der Waals surface area contributed by atoms with Gasteiger partial charge in [-0.1, -0.05) is 6.07 Å². The van der Waals surface area contributed by atoms with Crippen molar-refractivity contribution in [3.8, 4) is 11.5 Å². The summed E-state index contributed by atoms with van der Waals surface area (Å²) in [5.41, 5.74) is 1.36. The van der Waals surface area contributed by atoms with Gasteiger partial charge in [-0.3, -0.25) is 9.80 Å². The highest BCUT2D eigenvalue weighted by atomic mass is 32.2. The Labute approximate surface area is 200 Å². The van der Waals surface area contributed by atoms with E-state index in [2.05, 4.69) is 15.9 Å². The van der Waals surface area contributed by atoms with E-state index in [4.69, 9.17) is 9.15 Å². The minimum Gasteiger partial charge on any atom is -0.507 e. The minimum absolute atomic E-state index is 0.0305. The van der Waals surface area contributed by atoms with Gasteiger partial charge in [0.05, 0.1) is 18.9 Å². The van der Waals surface area contributed by atoms with Gasteiger partial charge in [0.1, 0.15) is 17.8 Å². The molecule has 2 fully saturated rings. The summed E-state index contributed by atoms with van der Waals surface area (Å²) in [6, 6.07) is 8.00. The fraction of sp³-hybridized carbons (Fsp3) is 0.522. The van der Waals surface area contributed by atoms with Crippen LogP contribution in [-0.4, -0.2) is 93.4 Å². The summed E-state index contributed by atoms with van der Waals surface area (Å²) in [6.07, 6.45) is 2.54. The second-order valence-corrected chi connectivity index (χ2v) is 10.8. The molecule has 0 saturated carbocycles. The Balaban J connectivity index is 1.36. The van der Waals surface area contributed by atoms with E-state index < -0.39 is 15.6 Å². The third-order valence-electron chi connectivity index (χ3n) is 6.51. The van der Waals surface area contributed by atoms with Crippen molar-refractivity contribution in [2.75, 3.05) is 70.6 Å². The van der Waals surface area contributed by atoms with Gasteiger partial charge in [-0.15, -0.1) is 0 Å². The highest BCUT2D eigenvalue weighted by Crippen LogP contribution is 2.25. The number of anilines is 1. The zero-order valence-corrected chi connectivity index (χ0v) is 20.5. The molecule has 10 nitrogen and oxygen atoms in total. The first-order valence-corrected chi connectivity index (χ1v) is 13.2. The zero-order chi connectivity index (χ0) is 24.3. The van der Waals surface area contributed by atoms with E-state index in [1.807, 2.05) is 23.1 Å². The molecule has 0 spiro atoms. The molecule has 2 aliphatic rings. The molecule has 2 saturated heterocycles. The SMILES string of the molecule is COc1cccc(N2CCN(Cc3coc(=O)c(CN4CCN(S(C)(=O)=O)CC4)c3O)CC2)c1. The molecule has 0 unspecified atom stereocenters. The van der Waals surface area contributed by atoms with Crippen LogP contribution in [0.3, 0.4) is 0 Å². The highest BCUT2D eigenvalue weighted by molar-refractivity contribution is 7.88. The molecular formula is C23H32N4O6S. The number of hydrogen-bond donors (Lipinski definition) is 1. The molecule has 4 rings (SSSR count). The summed E-state index contributed by atoms with van der Waals surface area (Å²) in [5.74, 6) is 0.798. The first-order valence-electron chi connectivity index (χ1n) is 11.4. The van der Waals surface area contributed by atoms with Gasteiger partial charge in [0.25, 0.3) is 0 Å². The first-order chi connectivity index (χ1) is 16.2. The lowest BCUT2D eigenvalue weighted by Crippen LogP contribution is -2.48. The Morgan fingerprint density at radius 3 is 2.29 bits per heavy atom. The number of hydrogen-bond acceptors (Lipinski definition) is 9.